The second-order valence-corrected chi connectivity index (χ2v) is 9.56. The van der Waals surface area contributed by atoms with Crippen molar-refractivity contribution in [3.63, 3.8) is 0 Å². The van der Waals surface area contributed by atoms with Crippen LogP contribution in [-0.4, -0.2) is 91.3 Å². The molecule has 1 unspecified atom stereocenters. The molecule has 32 heavy (non-hydrogen) atoms. The van der Waals surface area contributed by atoms with Gasteiger partial charge in [0.2, 0.25) is 0 Å². The number of ether oxygens (including phenoxy) is 1. The minimum Gasteiger partial charge on any atom is -0.444 e. The highest BCUT2D eigenvalue weighted by Crippen LogP contribution is 2.15. The number of pyridine rings is 1. The Balaban J connectivity index is 1.54. The molecule has 1 aromatic rings. The molecule has 0 bridgehead atoms. The normalized spacial score (nSPS) is 20.4. The Hall–Kier alpha value is -2.55. The van der Waals surface area contributed by atoms with Crippen LogP contribution < -0.4 is 15.5 Å². The maximum atomic E-state index is 12.1. The molecule has 2 fully saturated rings. The van der Waals surface area contributed by atoms with Gasteiger partial charge in [0, 0.05) is 52.0 Å². The first-order chi connectivity index (χ1) is 15.2. The van der Waals surface area contributed by atoms with E-state index in [1.54, 1.807) is 0 Å². The number of likely N-dealkylation sites (tertiary alicyclic amines) is 1. The summed E-state index contributed by atoms with van der Waals surface area (Å²) < 4.78 is 5.38. The number of guanidine groups is 1. The average Bonchev–Trinajstić information content (AvgIpc) is 3.19. The maximum Gasteiger partial charge on any atom is 0.407 e. The number of carbonyl (C=O) groups excluding carboxylic acids is 1. The number of nitrogens with one attached hydrogen (secondary N) is 2. The lowest BCUT2D eigenvalue weighted by Gasteiger charge is -2.33. The summed E-state index contributed by atoms with van der Waals surface area (Å²) in [6, 6.07) is 4.27. The van der Waals surface area contributed by atoms with Crippen LogP contribution in [0.25, 0.3) is 0 Å². The number of piperazine rings is 1. The van der Waals surface area contributed by atoms with E-state index in [1.165, 1.54) is 0 Å². The number of aromatic nitrogens is 1. The number of nitrogens with zero attached hydrogens (tertiary/aromatic N) is 5. The lowest BCUT2D eigenvalue weighted by molar-refractivity contribution is 0.0507. The van der Waals surface area contributed by atoms with Crippen LogP contribution in [0.15, 0.2) is 23.3 Å². The van der Waals surface area contributed by atoms with E-state index in [1.807, 2.05) is 27.0 Å². The molecule has 0 radical (unpaired) electrons. The van der Waals surface area contributed by atoms with Crippen molar-refractivity contribution < 1.29 is 9.53 Å². The standard InChI is InChI=1S/C23H39N7O2/c1-6-24-21(30-10-9-19(17-30)27-22(31)32-23(2,3)4)26-16-18-7-8-20(25-15-18)29-13-11-28(5)12-14-29/h7-8,15,19H,6,9-14,16-17H2,1-5H3,(H,24,26)(H,27,31). The fraction of sp³-hybridized carbons (Fsp3) is 0.696. The number of alkyl carbamates (subject to hydrolysis) is 1. The van der Waals surface area contributed by atoms with Crippen LogP contribution in [0.3, 0.4) is 0 Å². The van der Waals surface area contributed by atoms with Crippen LogP contribution in [0.4, 0.5) is 10.6 Å². The summed E-state index contributed by atoms with van der Waals surface area (Å²) >= 11 is 0. The van der Waals surface area contributed by atoms with Crippen LogP contribution in [0, 0.1) is 0 Å². The Morgan fingerprint density at radius 1 is 1.22 bits per heavy atom. The zero-order chi connectivity index (χ0) is 23.1. The number of anilines is 1. The molecular weight excluding hydrogens is 406 g/mol. The van der Waals surface area contributed by atoms with Gasteiger partial charge in [-0.3, -0.25) is 0 Å². The van der Waals surface area contributed by atoms with Gasteiger partial charge in [-0.2, -0.15) is 0 Å². The number of carbonyl (C=O) groups is 1. The molecule has 9 heteroatoms. The molecule has 3 rings (SSSR count). The largest absolute Gasteiger partial charge is 0.444 e. The molecule has 2 N–H and O–H groups in total. The van der Waals surface area contributed by atoms with Crippen LogP contribution in [0.2, 0.25) is 0 Å². The quantitative estimate of drug-likeness (QED) is 0.529. The summed E-state index contributed by atoms with van der Waals surface area (Å²) in [5.41, 5.74) is 0.591. The van der Waals surface area contributed by atoms with Gasteiger partial charge < -0.3 is 30.1 Å². The lowest BCUT2D eigenvalue weighted by Crippen LogP contribution is -2.44. The molecule has 0 aliphatic carbocycles. The van der Waals surface area contributed by atoms with Crippen LogP contribution in [-0.2, 0) is 11.3 Å². The fourth-order valence-corrected chi connectivity index (χ4v) is 3.87. The maximum absolute atomic E-state index is 12.1. The van der Waals surface area contributed by atoms with Gasteiger partial charge in [0.15, 0.2) is 5.96 Å². The summed E-state index contributed by atoms with van der Waals surface area (Å²) in [6.45, 7) is 14.8. The van der Waals surface area contributed by atoms with E-state index in [0.717, 1.165) is 63.0 Å². The molecule has 1 amide bonds. The van der Waals surface area contributed by atoms with Gasteiger partial charge >= 0.3 is 6.09 Å². The van der Waals surface area contributed by atoms with Crippen molar-refractivity contribution in [2.45, 2.75) is 52.3 Å². The highest BCUT2D eigenvalue weighted by Gasteiger charge is 2.27. The van der Waals surface area contributed by atoms with Crippen LogP contribution >= 0.6 is 0 Å². The number of hydrogen-bond acceptors (Lipinski definition) is 6. The molecule has 9 nitrogen and oxygen atoms in total. The molecule has 0 saturated carbocycles. The first-order valence-electron chi connectivity index (χ1n) is 11.6. The van der Waals surface area contributed by atoms with Crippen molar-refractivity contribution in [3.05, 3.63) is 23.9 Å². The topological polar surface area (TPSA) is 85.3 Å². The van der Waals surface area contributed by atoms with Gasteiger partial charge in [0.05, 0.1) is 12.6 Å². The summed E-state index contributed by atoms with van der Waals surface area (Å²) in [4.78, 5) is 28.4. The first-order valence-corrected chi connectivity index (χ1v) is 11.6. The minimum atomic E-state index is -0.493. The van der Waals surface area contributed by atoms with E-state index in [9.17, 15) is 4.79 Å². The zero-order valence-corrected chi connectivity index (χ0v) is 20.2. The molecule has 2 saturated heterocycles. The fourth-order valence-electron chi connectivity index (χ4n) is 3.87. The van der Waals surface area contributed by atoms with Crippen molar-refractivity contribution >= 4 is 17.9 Å². The van der Waals surface area contributed by atoms with Gasteiger partial charge in [-0.15, -0.1) is 0 Å². The second kappa shape index (κ2) is 10.8. The Morgan fingerprint density at radius 3 is 2.59 bits per heavy atom. The van der Waals surface area contributed by atoms with Crippen LogP contribution in [0.5, 0.6) is 0 Å². The van der Waals surface area contributed by atoms with E-state index in [4.69, 9.17) is 9.73 Å². The monoisotopic (exact) mass is 445 g/mol. The summed E-state index contributed by atoms with van der Waals surface area (Å²) in [5.74, 6) is 1.90. The van der Waals surface area contributed by atoms with Crippen molar-refractivity contribution in [1.29, 1.82) is 0 Å². The van der Waals surface area contributed by atoms with Gasteiger partial charge in [0.25, 0.3) is 0 Å². The van der Waals surface area contributed by atoms with Crippen molar-refractivity contribution in [1.82, 2.24) is 25.4 Å². The highest BCUT2D eigenvalue weighted by atomic mass is 16.6. The molecule has 3 heterocycles. The number of aliphatic imine (C=N–C) groups is 1. The van der Waals surface area contributed by atoms with Crippen molar-refractivity contribution in [3.8, 4) is 0 Å². The number of hydrogen-bond donors (Lipinski definition) is 2. The number of rotatable bonds is 5. The van der Waals surface area contributed by atoms with Gasteiger partial charge in [0.1, 0.15) is 11.4 Å². The SMILES string of the molecule is CCNC(=NCc1ccc(N2CCN(C)CC2)nc1)N1CCC(NC(=O)OC(C)(C)C)C1. The molecule has 2 aliphatic heterocycles. The Bertz CT molecular complexity index is 768. The van der Waals surface area contributed by atoms with Gasteiger partial charge in [-0.25, -0.2) is 14.8 Å². The number of likely N-dealkylation sites (N-methyl/N-ethyl adjacent to an activating group) is 1. The summed E-state index contributed by atoms with van der Waals surface area (Å²) in [6.07, 6.45) is 2.43. The molecule has 1 atom stereocenters. The van der Waals surface area contributed by atoms with E-state index in [0.29, 0.717) is 13.1 Å². The molecule has 1 aromatic heterocycles. The predicted octanol–water partition coefficient (Wildman–Crippen LogP) is 1.90. The molecule has 2 aliphatic rings. The molecular formula is C23H39N7O2. The third-order valence-electron chi connectivity index (χ3n) is 5.59. The van der Waals surface area contributed by atoms with Gasteiger partial charge in [-0.05, 0) is 52.8 Å². The molecule has 178 valence electrons. The van der Waals surface area contributed by atoms with Crippen LogP contribution in [0.1, 0.15) is 39.7 Å². The second-order valence-electron chi connectivity index (χ2n) is 9.56. The third-order valence-corrected chi connectivity index (χ3v) is 5.59. The Labute approximate surface area is 192 Å². The van der Waals surface area contributed by atoms with E-state index in [2.05, 4.69) is 56.4 Å². The highest BCUT2D eigenvalue weighted by molar-refractivity contribution is 5.80. The average molecular weight is 446 g/mol. The number of amides is 1. The van der Waals surface area contributed by atoms with E-state index >= 15 is 0 Å². The summed E-state index contributed by atoms with van der Waals surface area (Å²) in [5, 5.41) is 6.35. The van der Waals surface area contributed by atoms with E-state index < -0.39 is 5.60 Å². The first kappa shape index (κ1) is 24.1. The zero-order valence-electron chi connectivity index (χ0n) is 20.2. The molecule has 0 aromatic carbocycles. The lowest BCUT2D eigenvalue weighted by atomic mass is 10.2. The van der Waals surface area contributed by atoms with E-state index in [-0.39, 0.29) is 12.1 Å². The Kier molecular flexibility index (Phi) is 8.17. The van der Waals surface area contributed by atoms with Crippen molar-refractivity contribution in [2.24, 2.45) is 4.99 Å². The predicted molar refractivity (Wildman–Crippen MR) is 128 cm³/mol. The van der Waals surface area contributed by atoms with Gasteiger partial charge in [-0.1, -0.05) is 6.07 Å². The smallest absolute Gasteiger partial charge is 0.407 e. The molecule has 0 spiro atoms. The minimum absolute atomic E-state index is 0.0539. The summed E-state index contributed by atoms with van der Waals surface area (Å²) in [7, 11) is 2.16. The Morgan fingerprint density at radius 2 is 1.97 bits per heavy atom. The third kappa shape index (κ3) is 7.25. The van der Waals surface area contributed by atoms with Crippen molar-refractivity contribution in [2.75, 3.05) is 57.8 Å².